The fourth-order valence-corrected chi connectivity index (χ4v) is 3.49. The van der Waals surface area contributed by atoms with Gasteiger partial charge in [-0.25, -0.2) is 4.98 Å². The van der Waals surface area contributed by atoms with E-state index in [0.717, 1.165) is 11.1 Å². The standard InChI is InChI=1S/C21H24N4O3S/c22-21-24-18(14-29-21)12-20(27)23-17-8-6-15(7-9-17)10-11-25(28)13-19(26)16-4-2-1-3-5-16/h1-9,14,19,25-26H,10-13H2,(H2,22,24)(H,23,27)/t19-/m0/s1. The van der Waals surface area contributed by atoms with Crippen LogP contribution in [-0.4, -0.2) is 29.1 Å². The van der Waals surface area contributed by atoms with Crippen molar-refractivity contribution >= 4 is 28.1 Å². The molecule has 3 rings (SSSR count). The van der Waals surface area contributed by atoms with E-state index in [1.807, 2.05) is 54.6 Å². The fourth-order valence-electron chi connectivity index (χ4n) is 2.92. The maximum Gasteiger partial charge on any atom is 0.230 e. The Bertz CT molecular complexity index is 915. The predicted octanol–water partition coefficient (Wildman–Crippen LogP) is 1.57. The number of anilines is 2. The molecule has 0 radical (unpaired) electrons. The number of nitrogens with two attached hydrogens (primary N) is 1. The van der Waals surface area contributed by atoms with E-state index in [1.54, 1.807) is 5.38 Å². The summed E-state index contributed by atoms with van der Waals surface area (Å²) in [5.74, 6) is -0.159. The highest BCUT2D eigenvalue weighted by molar-refractivity contribution is 7.13. The summed E-state index contributed by atoms with van der Waals surface area (Å²) < 4.78 is 0. The summed E-state index contributed by atoms with van der Waals surface area (Å²) >= 11 is 1.31. The van der Waals surface area contributed by atoms with E-state index in [4.69, 9.17) is 5.73 Å². The molecule has 8 heteroatoms. The molecule has 0 aliphatic heterocycles. The lowest BCUT2D eigenvalue weighted by Gasteiger charge is -2.25. The number of hydrogen-bond donors (Lipinski definition) is 4. The summed E-state index contributed by atoms with van der Waals surface area (Å²) in [7, 11) is 0. The first kappa shape index (κ1) is 20.9. The zero-order chi connectivity index (χ0) is 20.6. The maximum atomic E-state index is 12.2. The van der Waals surface area contributed by atoms with Crippen LogP contribution in [0.2, 0.25) is 0 Å². The number of hydroxylamine groups is 2. The lowest BCUT2D eigenvalue weighted by molar-refractivity contribution is -0.852. The zero-order valence-corrected chi connectivity index (χ0v) is 16.7. The summed E-state index contributed by atoms with van der Waals surface area (Å²) in [5.41, 5.74) is 8.65. The van der Waals surface area contributed by atoms with Crippen molar-refractivity contribution in [1.29, 1.82) is 0 Å². The van der Waals surface area contributed by atoms with Crippen LogP contribution in [0.3, 0.4) is 0 Å². The Kier molecular flexibility index (Phi) is 7.31. The molecule has 0 bridgehead atoms. The van der Waals surface area contributed by atoms with Crippen molar-refractivity contribution in [3.05, 3.63) is 82.0 Å². The summed E-state index contributed by atoms with van der Waals surface area (Å²) in [6.45, 7) is 0.472. The second-order valence-corrected chi connectivity index (χ2v) is 7.66. The molecule has 152 valence electrons. The number of aromatic nitrogens is 1. The van der Waals surface area contributed by atoms with Crippen LogP contribution in [-0.2, 0) is 17.6 Å². The number of carbonyl (C=O) groups excluding carboxylic acids is 1. The van der Waals surface area contributed by atoms with Gasteiger partial charge in [0.1, 0.15) is 12.6 Å². The van der Waals surface area contributed by atoms with E-state index in [0.29, 0.717) is 29.5 Å². The molecule has 5 N–H and O–H groups in total. The second-order valence-electron chi connectivity index (χ2n) is 6.77. The van der Waals surface area contributed by atoms with Gasteiger partial charge < -0.3 is 26.4 Å². The average Bonchev–Trinajstić information content (AvgIpc) is 3.12. The van der Waals surface area contributed by atoms with Crippen molar-refractivity contribution in [2.75, 3.05) is 24.1 Å². The van der Waals surface area contributed by atoms with E-state index in [1.165, 1.54) is 11.3 Å². The van der Waals surface area contributed by atoms with E-state index in [2.05, 4.69) is 10.3 Å². The van der Waals surface area contributed by atoms with Crippen molar-refractivity contribution in [3.63, 3.8) is 0 Å². The molecule has 1 unspecified atom stereocenters. The van der Waals surface area contributed by atoms with Gasteiger partial charge >= 0.3 is 0 Å². The molecule has 1 aromatic heterocycles. The van der Waals surface area contributed by atoms with Crippen LogP contribution in [0, 0.1) is 5.21 Å². The first-order valence-corrected chi connectivity index (χ1v) is 10.2. The van der Waals surface area contributed by atoms with Gasteiger partial charge in [0.2, 0.25) is 5.91 Å². The minimum absolute atomic E-state index is 0.0151. The third-order valence-corrected chi connectivity index (χ3v) is 5.17. The number of rotatable bonds is 9. The topological polar surface area (TPSA) is 116 Å². The average molecular weight is 413 g/mol. The van der Waals surface area contributed by atoms with Gasteiger partial charge in [-0.15, -0.1) is 11.3 Å². The van der Waals surface area contributed by atoms with E-state index >= 15 is 0 Å². The maximum absolute atomic E-state index is 12.2. The molecule has 1 amide bonds. The normalized spacial score (nSPS) is 13.0. The van der Waals surface area contributed by atoms with Crippen molar-refractivity contribution < 1.29 is 15.0 Å². The minimum atomic E-state index is -0.769. The molecule has 3 aromatic rings. The third-order valence-electron chi connectivity index (χ3n) is 4.45. The monoisotopic (exact) mass is 412 g/mol. The Morgan fingerprint density at radius 1 is 1.21 bits per heavy atom. The molecule has 29 heavy (non-hydrogen) atoms. The molecule has 0 spiro atoms. The van der Waals surface area contributed by atoms with Gasteiger partial charge in [-0.1, -0.05) is 42.5 Å². The molecular weight excluding hydrogens is 388 g/mol. The Hall–Kier alpha value is -2.78. The van der Waals surface area contributed by atoms with Crippen molar-refractivity contribution in [2.24, 2.45) is 0 Å². The van der Waals surface area contributed by atoms with Crippen LogP contribution in [0.15, 0.2) is 60.0 Å². The molecule has 0 aliphatic carbocycles. The van der Waals surface area contributed by atoms with Crippen LogP contribution >= 0.6 is 11.3 Å². The van der Waals surface area contributed by atoms with Gasteiger partial charge in [-0.05, 0) is 23.3 Å². The molecule has 0 fully saturated rings. The smallest absolute Gasteiger partial charge is 0.230 e. The SMILES string of the molecule is Nc1nc(CC(=O)Nc2ccc(CC[NH+]([O-])C[C@H](O)c3ccccc3)cc2)cs1. The van der Waals surface area contributed by atoms with E-state index in [9.17, 15) is 15.1 Å². The lowest BCUT2D eigenvalue weighted by atomic mass is 10.1. The number of nitrogens with one attached hydrogen (secondary N) is 2. The number of nitrogen functional groups attached to an aromatic ring is 1. The molecule has 0 aliphatic rings. The van der Waals surface area contributed by atoms with Gasteiger partial charge in [0, 0.05) is 17.5 Å². The van der Waals surface area contributed by atoms with E-state index in [-0.39, 0.29) is 23.9 Å². The second kappa shape index (κ2) is 10.1. The number of nitrogens with zero attached hydrogens (tertiary/aromatic N) is 1. The zero-order valence-electron chi connectivity index (χ0n) is 15.9. The van der Waals surface area contributed by atoms with Crippen LogP contribution in [0.5, 0.6) is 0 Å². The Morgan fingerprint density at radius 2 is 1.93 bits per heavy atom. The fraction of sp³-hybridized carbons (Fsp3) is 0.238. The number of hydrogen-bond acceptors (Lipinski definition) is 6. The van der Waals surface area contributed by atoms with Crippen LogP contribution in [0.25, 0.3) is 0 Å². The van der Waals surface area contributed by atoms with Crippen molar-refractivity contribution in [1.82, 2.24) is 4.98 Å². The number of quaternary nitrogens is 1. The predicted molar refractivity (Wildman–Crippen MR) is 114 cm³/mol. The molecule has 0 saturated carbocycles. The number of aliphatic hydroxyl groups is 1. The summed E-state index contributed by atoms with van der Waals surface area (Å²) in [4.78, 5) is 16.1. The van der Waals surface area contributed by atoms with Crippen molar-refractivity contribution in [2.45, 2.75) is 18.9 Å². The number of thiazole rings is 1. The van der Waals surface area contributed by atoms with Gasteiger partial charge in [0.25, 0.3) is 0 Å². The highest BCUT2D eigenvalue weighted by Gasteiger charge is 2.11. The van der Waals surface area contributed by atoms with Crippen LogP contribution in [0.1, 0.15) is 22.9 Å². The third kappa shape index (κ3) is 6.65. The van der Waals surface area contributed by atoms with Gasteiger partial charge in [0.15, 0.2) is 5.13 Å². The van der Waals surface area contributed by atoms with Gasteiger partial charge in [-0.2, -0.15) is 0 Å². The summed E-state index contributed by atoms with van der Waals surface area (Å²) in [5, 5.41) is 27.4. The molecule has 1 heterocycles. The van der Waals surface area contributed by atoms with Crippen LogP contribution in [0.4, 0.5) is 10.8 Å². The van der Waals surface area contributed by atoms with Crippen LogP contribution < -0.4 is 16.1 Å². The molecule has 7 nitrogen and oxygen atoms in total. The number of carbonyl (C=O) groups is 1. The highest BCUT2D eigenvalue weighted by Crippen LogP contribution is 2.14. The summed E-state index contributed by atoms with van der Waals surface area (Å²) in [6.07, 6.45) is -0.00487. The number of amides is 1. The number of benzene rings is 2. The molecule has 2 atom stereocenters. The molecule has 2 aromatic carbocycles. The van der Waals surface area contributed by atoms with Gasteiger partial charge in [0.05, 0.1) is 18.7 Å². The van der Waals surface area contributed by atoms with Gasteiger partial charge in [-0.3, -0.25) is 4.79 Å². The minimum Gasteiger partial charge on any atom is -0.634 e. The first-order valence-electron chi connectivity index (χ1n) is 9.33. The summed E-state index contributed by atoms with van der Waals surface area (Å²) in [6, 6.07) is 16.6. The largest absolute Gasteiger partial charge is 0.634 e. The quantitative estimate of drug-likeness (QED) is 0.398. The molecular formula is C21H24N4O3S. The van der Waals surface area contributed by atoms with E-state index < -0.39 is 6.10 Å². The lowest BCUT2D eigenvalue weighted by Crippen LogP contribution is -3.08. The first-order chi connectivity index (χ1) is 14.0. The Labute approximate surface area is 173 Å². The number of aliphatic hydroxyl groups excluding tert-OH is 1. The highest BCUT2D eigenvalue weighted by atomic mass is 32.1. The van der Waals surface area contributed by atoms with Crippen molar-refractivity contribution in [3.8, 4) is 0 Å². The Morgan fingerprint density at radius 3 is 2.59 bits per heavy atom. The molecule has 0 saturated heterocycles. The Balaban J connectivity index is 1.43.